The van der Waals surface area contributed by atoms with Crippen LogP contribution in [0.3, 0.4) is 0 Å². The van der Waals surface area contributed by atoms with Crippen molar-refractivity contribution in [3.05, 3.63) is 69.4 Å². The van der Waals surface area contributed by atoms with Crippen molar-refractivity contribution >= 4 is 11.3 Å². The van der Waals surface area contributed by atoms with E-state index in [0.717, 1.165) is 18.7 Å². The van der Waals surface area contributed by atoms with Crippen LogP contribution in [0.15, 0.2) is 41.4 Å². The highest BCUT2D eigenvalue weighted by atomic mass is 32.1. The number of pyridine rings is 1. The number of hydrogen-bond donors (Lipinski definition) is 2. The Hall–Kier alpha value is -1.98. The van der Waals surface area contributed by atoms with Crippen LogP contribution in [0.2, 0.25) is 0 Å². The Labute approximate surface area is 153 Å². The number of nitrogens with zero attached hydrogens (tertiary/aromatic N) is 2. The fourth-order valence-corrected chi connectivity index (χ4v) is 3.78. The monoisotopic (exact) mass is 354 g/mol. The van der Waals surface area contributed by atoms with E-state index in [0.29, 0.717) is 0 Å². The zero-order valence-corrected chi connectivity index (χ0v) is 16.2. The molecule has 1 unspecified atom stereocenters. The Morgan fingerprint density at radius 2 is 2.12 bits per heavy atom. The van der Waals surface area contributed by atoms with Gasteiger partial charge in [0.05, 0.1) is 17.9 Å². The van der Waals surface area contributed by atoms with Gasteiger partial charge in [-0.2, -0.15) is 16.4 Å². The zero-order chi connectivity index (χ0) is 17.9. The third kappa shape index (κ3) is 4.35. The van der Waals surface area contributed by atoms with Crippen molar-refractivity contribution < 1.29 is 0 Å². The van der Waals surface area contributed by atoms with Crippen molar-refractivity contribution in [1.29, 1.82) is 0 Å². The molecule has 0 aliphatic rings. The average Bonchev–Trinajstić information content (AvgIpc) is 3.23. The van der Waals surface area contributed by atoms with Gasteiger partial charge in [0.15, 0.2) is 0 Å². The first-order valence-electron chi connectivity index (χ1n) is 8.64. The van der Waals surface area contributed by atoms with E-state index in [1.54, 1.807) is 11.3 Å². The molecule has 132 valence electrons. The molecule has 4 nitrogen and oxygen atoms in total. The first kappa shape index (κ1) is 17.8. The number of rotatable bonds is 6. The molecule has 2 N–H and O–H groups in total. The highest BCUT2D eigenvalue weighted by Gasteiger charge is 2.22. The number of nitrogens with one attached hydrogen (secondary N) is 2. The first-order chi connectivity index (χ1) is 11.9. The summed E-state index contributed by atoms with van der Waals surface area (Å²) < 4.78 is 0. The lowest BCUT2D eigenvalue weighted by Crippen LogP contribution is -2.26. The van der Waals surface area contributed by atoms with E-state index >= 15 is 0 Å². The zero-order valence-electron chi connectivity index (χ0n) is 15.3. The van der Waals surface area contributed by atoms with Gasteiger partial charge < -0.3 is 5.32 Å². The topological polar surface area (TPSA) is 53.6 Å². The van der Waals surface area contributed by atoms with E-state index in [9.17, 15) is 0 Å². The van der Waals surface area contributed by atoms with Gasteiger partial charge in [-0.05, 0) is 47.4 Å². The van der Waals surface area contributed by atoms with E-state index in [4.69, 9.17) is 0 Å². The maximum atomic E-state index is 4.65. The van der Waals surface area contributed by atoms with E-state index in [-0.39, 0.29) is 11.5 Å². The standard InChI is InChI=1S/C20H26N4S/c1-14-6-5-8-21-18(14)17(10-15-7-9-25-13-15)22-11-16-12-23-24-19(16)20(2,3)4/h5-9,12-13,17,22H,10-11H2,1-4H3,(H,23,24). The van der Waals surface area contributed by atoms with Crippen molar-refractivity contribution in [2.24, 2.45) is 0 Å². The molecule has 5 heteroatoms. The Morgan fingerprint density at radius 3 is 2.80 bits per heavy atom. The largest absolute Gasteiger partial charge is 0.304 e. The summed E-state index contributed by atoms with van der Waals surface area (Å²) in [5.41, 5.74) is 6.14. The summed E-state index contributed by atoms with van der Waals surface area (Å²) in [6.07, 6.45) is 4.74. The summed E-state index contributed by atoms with van der Waals surface area (Å²) in [5, 5.41) is 15.5. The number of hydrogen-bond acceptors (Lipinski definition) is 4. The Balaban J connectivity index is 1.81. The van der Waals surface area contributed by atoms with Crippen LogP contribution in [-0.4, -0.2) is 15.2 Å². The fraction of sp³-hybridized carbons (Fsp3) is 0.400. The summed E-state index contributed by atoms with van der Waals surface area (Å²) in [5.74, 6) is 0. The van der Waals surface area contributed by atoms with Gasteiger partial charge in [-0.15, -0.1) is 0 Å². The van der Waals surface area contributed by atoms with Crippen molar-refractivity contribution in [2.75, 3.05) is 0 Å². The quantitative estimate of drug-likeness (QED) is 0.683. The van der Waals surface area contributed by atoms with E-state index in [2.05, 4.69) is 71.1 Å². The van der Waals surface area contributed by atoms with Gasteiger partial charge in [0.2, 0.25) is 0 Å². The second kappa shape index (κ2) is 7.50. The summed E-state index contributed by atoms with van der Waals surface area (Å²) in [7, 11) is 0. The average molecular weight is 355 g/mol. The van der Waals surface area contributed by atoms with Crippen molar-refractivity contribution in [1.82, 2.24) is 20.5 Å². The van der Waals surface area contributed by atoms with E-state index < -0.39 is 0 Å². The lowest BCUT2D eigenvalue weighted by molar-refractivity contribution is 0.503. The normalized spacial score (nSPS) is 13.1. The molecule has 3 aromatic heterocycles. The number of aromatic amines is 1. The minimum Gasteiger partial charge on any atom is -0.304 e. The molecular weight excluding hydrogens is 328 g/mol. The molecule has 0 aromatic carbocycles. The van der Waals surface area contributed by atoms with Gasteiger partial charge in [-0.1, -0.05) is 26.8 Å². The minimum absolute atomic E-state index is 0.0529. The number of H-pyrrole nitrogens is 1. The van der Waals surface area contributed by atoms with Gasteiger partial charge in [-0.3, -0.25) is 10.1 Å². The maximum Gasteiger partial charge on any atom is 0.0605 e. The predicted octanol–water partition coefficient (Wildman–Crippen LogP) is 4.55. The van der Waals surface area contributed by atoms with Crippen LogP contribution < -0.4 is 5.32 Å². The van der Waals surface area contributed by atoms with Gasteiger partial charge in [0.1, 0.15) is 0 Å². The van der Waals surface area contributed by atoms with Gasteiger partial charge in [0, 0.05) is 29.4 Å². The summed E-state index contributed by atoms with van der Waals surface area (Å²) >= 11 is 1.74. The first-order valence-corrected chi connectivity index (χ1v) is 9.58. The van der Waals surface area contributed by atoms with Gasteiger partial charge in [0.25, 0.3) is 0 Å². The van der Waals surface area contributed by atoms with Crippen LogP contribution in [-0.2, 0) is 18.4 Å². The number of aromatic nitrogens is 3. The fourth-order valence-electron chi connectivity index (χ4n) is 3.10. The van der Waals surface area contributed by atoms with Crippen LogP contribution in [0, 0.1) is 6.92 Å². The summed E-state index contributed by atoms with van der Waals surface area (Å²) in [6.45, 7) is 9.51. The second-order valence-electron chi connectivity index (χ2n) is 7.49. The summed E-state index contributed by atoms with van der Waals surface area (Å²) in [4.78, 5) is 4.65. The van der Waals surface area contributed by atoms with E-state index in [1.807, 2.05) is 18.5 Å². The molecule has 0 radical (unpaired) electrons. The van der Waals surface area contributed by atoms with Crippen LogP contribution in [0.25, 0.3) is 0 Å². The van der Waals surface area contributed by atoms with Crippen LogP contribution in [0.5, 0.6) is 0 Å². The molecule has 0 bridgehead atoms. The van der Waals surface area contributed by atoms with Crippen molar-refractivity contribution in [3.63, 3.8) is 0 Å². The Bertz CT molecular complexity index is 799. The Kier molecular flexibility index (Phi) is 5.35. The molecule has 3 aromatic rings. The predicted molar refractivity (Wildman–Crippen MR) is 104 cm³/mol. The molecular formula is C20H26N4S. The van der Waals surface area contributed by atoms with Crippen LogP contribution in [0.4, 0.5) is 0 Å². The Morgan fingerprint density at radius 1 is 1.28 bits per heavy atom. The molecule has 0 aliphatic carbocycles. The van der Waals surface area contributed by atoms with Crippen LogP contribution >= 0.6 is 11.3 Å². The lowest BCUT2D eigenvalue weighted by atomic mass is 9.89. The summed E-state index contributed by atoms with van der Waals surface area (Å²) in [6, 6.07) is 6.49. The SMILES string of the molecule is Cc1cccnc1C(Cc1ccsc1)NCc1cn[nH]c1C(C)(C)C. The molecule has 3 heterocycles. The molecule has 0 amide bonds. The molecule has 0 spiro atoms. The molecule has 3 rings (SSSR count). The molecule has 25 heavy (non-hydrogen) atoms. The third-order valence-electron chi connectivity index (χ3n) is 4.41. The molecule has 1 atom stereocenters. The maximum absolute atomic E-state index is 4.65. The third-order valence-corrected chi connectivity index (χ3v) is 5.14. The molecule has 0 fully saturated rings. The minimum atomic E-state index is 0.0529. The highest BCUT2D eigenvalue weighted by molar-refractivity contribution is 7.07. The molecule has 0 saturated carbocycles. The van der Waals surface area contributed by atoms with E-state index in [1.165, 1.54) is 22.4 Å². The smallest absolute Gasteiger partial charge is 0.0605 e. The second-order valence-corrected chi connectivity index (χ2v) is 8.28. The van der Waals surface area contributed by atoms with Gasteiger partial charge in [-0.25, -0.2) is 0 Å². The number of thiophene rings is 1. The number of aryl methyl sites for hydroxylation is 1. The molecule has 0 saturated heterocycles. The van der Waals surface area contributed by atoms with Crippen molar-refractivity contribution in [3.8, 4) is 0 Å². The van der Waals surface area contributed by atoms with Crippen LogP contribution in [0.1, 0.15) is 54.9 Å². The lowest BCUT2D eigenvalue weighted by Gasteiger charge is -2.22. The van der Waals surface area contributed by atoms with Crippen molar-refractivity contribution in [2.45, 2.75) is 52.1 Å². The van der Waals surface area contributed by atoms with Gasteiger partial charge >= 0.3 is 0 Å². The molecule has 0 aliphatic heterocycles. The highest BCUT2D eigenvalue weighted by Crippen LogP contribution is 2.25.